The average molecular weight is 292 g/mol. The maximum Gasteiger partial charge on any atom is 0.320 e. The normalized spacial score (nSPS) is 10.5. The number of carboxylic acids is 1. The van der Waals surface area contributed by atoms with Crippen molar-refractivity contribution in [1.82, 2.24) is 9.80 Å². The molecule has 1 aromatic carbocycles. The van der Waals surface area contributed by atoms with Crippen molar-refractivity contribution in [3.8, 4) is 0 Å². The summed E-state index contributed by atoms with van der Waals surface area (Å²) in [5, 5.41) is 8.78. The molecule has 0 fully saturated rings. The minimum absolute atomic E-state index is 0.0307. The van der Waals surface area contributed by atoms with E-state index in [2.05, 4.69) is 0 Å². The summed E-state index contributed by atoms with van der Waals surface area (Å²) in [4.78, 5) is 26.4. The first kappa shape index (κ1) is 17.0. The molecule has 1 aromatic rings. The highest BCUT2D eigenvalue weighted by atomic mass is 16.4. The van der Waals surface area contributed by atoms with Crippen LogP contribution >= 0.6 is 0 Å². The van der Waals surface area contributed by atoms with E-state index >= 15 is 0 Å². The third-order valence-corrected chi connectivity index (χ3v) is 3.26. The first-order chi connectivity index (χ1) is 9.81. The molecule has 2 amide bonds. The number of carbonyl (C=O) groups is 2. The fourth-order valence-electron chi connectivity index (χ4n) is 2.16. The molecule has 5 nitrogen and oxygen atoms in total. The van der Waals surface area contributed by atoms with Crippen LogP contribution in [0.5, 0.6) is 0 Å². The Morgan fingerprint density at radius 3 is 2.48 bits per heavy atom. The molecule has 0 aliphatic rings. The molecule has 0 unspecified atom stereocenters. The number of aliphatic carboxylic acids is 1. The molecule has 0 aliphatic heterocycles. The minimum Gasteiger partial charge on any atom is -0.481 e. The standard InChI is InChI=1S/C16H24N2O3/c1-12(2)18(9-8-15(19)20)16(21)17(4)11-14-7-5-6-13(3)10-14/h5-7,10,12H,8-9,11H2,1-4H3,(H,19,20). The van der Waals surface area contributed by atoms with Crippen molar-refractivity contribution in [2.45, 2.75) is 39.8 Å². The molecular formula is C16H24N2O3. The van der Waals surface area contributed by atoms with E-state index in [0.29, 0.717) is 6.54 Å². The van der Waals surface area contributed by atoms with E-state index in [1.54, 1.807) is 16.8 Å². The molecule has 0 aliphatic carbocycles. The molecule has 5 heteroatoms. The Kier molecular flexibility index (Phi) is 6.21. The van der Waals surface area contributed by atoms with Gasteiger partial charge in [-0.15, -0.1) is 0 Å². The van der Waals surface area contributed by atoms with E-state index in [1.807, 2.05) is 45.0 Å². The summed E-state index contributed by atoms with van der Waals surface area (Å²) in [5.41, 5.74) is 2.22. The lowest BCUT2D eigenvalue weighted by Gasteiger charge is -2.31. The molecule has 0 atom stereocenters. The summed E-state index contributed by atoms with van der Waals surface area (Å²) in [6.07, 6.45) is -0.0395. The predicted molar refractivity (Wildman–Crippen MR) is 82.1 cm³/mol. The van der Waals surface area contributed by atoms with Gasteiger partial charge in [0.15, 0.2) is 0 Å². The van der Waals surface area contributed by atoms with Gasteiger partial charge in [0, 0.05) is 26.2 Å². The van der Waals surface area contributed by atoms with Gasteiger partial charge in [-0.25, -0.2) is 4.79 Å². The maximum absolute atomic E-state index is 12.4. The second-order valence-electron chi connectivity index (χ2n) is 5.56. The van der Waals surface area contributed by atoms with Gasteiger partial charge in [-0.3, -0.25) is 4.79 Å². The number of rotatable bonds is 6. The third-order valence-electron chi connectivity index (χ3n) is 3.26. The second-order valence-corrected chi connectivity index (χ2v) is 5.56. The van der Waals surface area contributed by atoms with Crippen molar-refractivity contribution in [3.63, 3.8) is 0 Å². The van der Waals surface area contributed by atoms with Gasteiger partial charge in [-0.05, 0) is 26.3 Å². The molecule has 0 bridgehead atoms. The third kappa shape index (κ3) is 5.45. The molecule has 0 heterocycles. The Hall–Kier alpha value is -2.04. The van der Waals surface area contributed by atoms with Crippen LogP contribution in [0.3, 0.4) is 0 Å². The summed E-state index contributed by atoms with van der Waals surface area (Å²) in [5.74, 6) is -0.894. The summed E-state index contributed by atoms with van der Waals surface area (Å²) < 4.78 is 0. The monoisotopic (exact) mass is 292 g/mol. The molecule has 0 saturated carbocycles. The minimum atomic E-state index is -0.894. The summed E-state index contributed by atoms with van der Waals surface area (Å²) >= 11 is 0. The predicted octanol–water partition coefficient (Wildman–Crippen LogP) is 2.73. The molecule has 0 aromatic heterocycles. The van der Waals surface area contributed by atoms with E-state index < -0.39 is 5.97 Å². The number of hydrogen-bond acceptors (Lipinski definition) is 2. The van der Waals surface area contributed by atoms with Gasteiger partial charge < -0.3 is 14.9 Å². The van der Waals surface area contributed by atoms with E-state index in [9.17, 15) is 9.59 Å². The molecule has 21 heavy (non-hydrogen) atoms. The van der Waals surface area contributed by atoms with Crippen LogP contribution < -0.4 is 0 Å². The zero-order valence-corrected chi connectivity index (χ0v) is 13.2. The van der Waals surface area contributed by atoms with Crippen LogP contribution in [-0.2, 0) is 11.3 Å². The lowest BCUT2D eigenvalue weighted by molar-refractivity contribution is -0.137. The van der Waals surface area contributed by atoms with Crippen LogP contribution in [0.25, 0.3) is 0 Å². The Bertz CT molecular complexity index is 500. The van der Waals surface area contributed by atoms with Gasteiger partial charge in [0.2, 0.25) is 0 Å². The number of hydrogen-bond donors (Lipinski definition) is 1. The molecule has 1 rings (SSSR count). The number of benzene rings is 1. The quantitative estimate of drug-likeness (QED) is 0.877. The first-order valence-corrected chi connectivity index (χ1v) is 7.10. The van der Waals surface area contributed by atoms with Gasteiger partial charge in [-0.2, -0.15) is 0 Å². The SMILES string of the molecule is Cc1cccc(CN(C)C(=O)N(CCC(=O)O)C(C)C)c1. The van der Waals surface area contributed by atoms with Gasteiger partial charge in [0.05, 0.1) is 6.42 Å². The number of aryl methyl sites for hydroxylation is 1. The molecule has 1 N–H and O–H groups in total. The lowest BCUT2D eigenvalue weighted by Crippen LogP contribution is -2.45. The van der Waals surface area contributed by atoms with Crippen molar-refractivity contribution >= 4 is 12.0 Å². The fraction of sp³-hybridized carbons (Fsp3) is 0.500. The summed E-state index contributed by atoms with van der Waals surface area (Å²) in [6, 6.07) is 7.82. The lowest BCUT2D eigenvalue weighted by atomic mass is 10.1. The zero-order chi connectivity index (χ0) is 16.0. The summed E-state index contributed by atoms with van der Waals surface area (Å²) in [7, 11) is 1.74. The molecular weight excluding hydrogens is 268 g/mol. The number of nitrogens with zero attached hydrogens (tertiary/aromatic N) is 2. The van der Waals surface area contributed by atoms with Gasteiger partial charge in [-0.1, -0.05) is 29.8 Å². The van der Waals surface area contributed by atoms with Gasteiger partial charge >= 0.3 is 12.0 Å². The highest BCUT2D eigenvalue weighted by Crippen LogP contribution is 2.10. The Labute approximate surface area is 126 Å². The number of urea groups is 1. The van der Waals surface area contributed by atoms with E-state index in [0.717, 1.165) is 11.1 Å². The van der Waals surface area contributed by atoms with Crippen LogP contribution in [-0.4, -0.2) is 46.5 Å². The molecule has 116 valence electrons. The van der Waals surface area contributed by atoms with Crippen molar-refractivity contribution in [2.24, 2.45) is 0 Å². The van der Waals surface area contributed by atoms with Crippen molar-refractivity contribution in [3.05, 3.63) is 35.4 Å². The van der Waals surface area contributed by atoms with Crippen LogP contribution in [0.2, 0.25) is 0 Å². The van der Waals surface area contributed by atoms with Crippen LogP contribution in [0.15, 0.2) is 24.3 Å². The highest BCUT2D eigenvalue weighted by molar-refractivity contribution is 5.75. The molecule has 0 radical (unpaired) electrons. The Balaban J connectivity index is 2.71. The van der Waals surface area contributed by atoms with Crippen LogP contribution in [0.1, 0.15) is 31.4 Å². The molecule has 0 saturated heterocycles. The first-order valence-electron chi connectivity index (χ1n) is 7.10. The largest absolute Gasteiger partial charge is 0.481 e. The summed E-state index contributed by atoms with van der Waals surface area (Å²) in [6.45, 7) is 6.53. The smallest absolute Gasteiger partial charge is 0.320 e. The maximum atomic E-state index is 12.4. The van der Waals surface area contributed by atoms with Gasteiger partial charge in [0.1, 0.15) is 0 Å². The average Bonchev–Trinajstić information content (AvgIpc) is 2.37. The Morgan fingerprint density at radius 2 is 1.95 bits per heavy atom. The van der Waals surface area contributed by atoms with Crippen molar-refractivity contribution in [1.29, 1.82) is 0 Å². The second kappa shape index (κ2) is 7.67. The van der Waals surface area contributed by atoms with Crippen molar-refractivity contribution in [2.75, 3.05) is 13.6 Å². The number of carboxylic acid groups (broad SMARTS) is 1. The number of amides is 2. The van der Waals surface area contributed by atoms with Crippen molar-refractivity contribution < 1.29 is 14.7 Å². The topological polar surface area (TPSA) is 60.9 Å². The molecule has 0 spiro atoms. The highest BCUT2D eigenvalue weighted by Gasteiger charge is 2.21. The van der Waals surface area contributed by atoms with E-state index in [1.165, 1.54) is 0 Å². The number of carbonyl (C=O) groups excluding carboxylic acids is 1. The van der Waals surface area contributed by atoms with Gasteiger partial charge in [0.25, 0.3) is 0 Å². The van der Waals surface area contributed by atoms with Crippen LogP contribution in [0.4, 0.5) is 4.79 Å². The Morgan fingerprint density at radius 1 is 1.29 bits per heavy atom. The van der Waals surface area contributed by atoms with E-state index in [-0.39, 0.29) is 25.0 Å². The fourth-order valence-corrected chi connectivity index (χ4v) is 2.16. The zero-order valence-electron chi connectivity index (χ0n) is 13.2. The van der Waals surface area contributed by atoms with Crippen LogP contribution in [0, 0.1) is 6.92 Å². The van der Waals surface area contributed by atoms with E-state index in [4.69, 9.17) is 5.11 Å².